The third kappa shape index (κ3) is 3.79. The molecule has 0 bridgehead atoms. The lowest BCUT2D eigenvalue weighted by Crippen LogP contribution is -2.26. The normalized spacial score (nSPS) is 19.5. The quantitative estimate of drug-likeness (QED) is 0.879. The zero-order chi connectivity index (χ0) is 13.7. The van der Waals surface area contributed by atoms with Crippen LogP contribution in [0.25, 0.3) is 0 Å². The van der Waals surface area contributed by atoms with Gasteiger partial charge in [-0.25, -0.2) is 0 Å². The monoisotopic (exact) mass is 257 g/mol. The molecule has 19 heavy (non-hydrogen) atoms. The Kier molecular flexibility index (Phi) is 4.95. The standard InChI is InChI=1S/C16H23N3/c1-3-19-7-6-15(12-19)10-18-11-16-5-4-14(9-17)8-13(16)2/h4-5,8,15,18H,3,6-7,10-12H2,1-2H3. The molecule has 0 aromatic heterocycles. The molecule has 1 aromatic carbocycles. The number of aryl methyl sites for hydroxylation is 1. The zero-order valence-electron chi connectivity index (χ0n) is 11.9. The molecule has 2 rings (SSSR count). The van der Waals surface area contributed by atoms with E-state index in [1.807, 2.05) is 12.1 Å². The van der Waals surface area contributed by atoms with Gasteiger partial charge >= 0.3 is 0 Å². The van der Waals surface area contributed by atoms with Gasteiger partial charge in [0.25, 0.3) is 0 Å². The third-order valence-electron chi connectivity index (χ3n) is 4.04. The predicted molar refractivity (Wildman–Crippen MR) is 77.8 cm³/mol. The van der Waals surface area contributed by atoms with E-state index < -0.39 is 0 Å². The first-order valence-electron chi connectivity index (χ1n) is 7.15. The van der Waals surface area contributed by atoms with Gasteiger partial charge in [0.2, 0.25) is 0 Å². The molecule has 1 saturated heterocycles. The maximum absolute atomic E-state index is 8.85. The maximum Gasteiger partial charge on any atom is 0.0991 e. The van der Waals surface area contributed by atoms with E-state index in [4.69, 9.17) is 5.26 Å². The van der Waals surface area contributed by atoms with Crippen molar-refractivity contribution in [3.63, 3.8) is 0 Å². The van der Waals surface area contributed by atoms with E-state index in [0.717, 1.165) is 24.6 Å². The van der Waals surface area contributed by atoms with Gasteiger partial charge in [0, 0.05) is 13.1 Å². The molecule has 0 aliphatic carbocycles. The van der Waals surface area contributed by atoms with Gasteiger partial charge in [-0.1, -0.05) is 13.0 Å². The fraction of sp³-hybridized carbons (Fsp3) is 0.562. The summed E-state index contributed by atoms with van der Waals surface area (Å²) in [6.45, 7) is 9.96. The lowest BCUT2D eigenvalue weighted by molar-refractivity contribution is 0.339. The molecule has 102 valence electrons. The van der Waals surface area contributed by atoms with Crippen LogP contribution >= 0.6 is 0 Å². The van der Waals surface area contributed by atoms with Crippen LogP contribution in [0.1, 0.15) is 30.0 Å². The second-order valence-electron chi connectivity index (χ2n) is 5.43. The van der Waals surface area contributed by atoms with Crippen molar-refractivity contribution in [1.29, 1.82) is 5.26 Å². The Bertz CT molecular complexity index is 462. The van der Waals surface area contributed by atoms with Crippen LogP contribution < -0.4 is 5.32 Å². The van der Waals surface area contributed by atoms with Crippen molar-refractivity contribution in [3.8, 4) is 6.07 Å². The van der Waals surface area contributed by atoms with Gasteiger partial charge in [0.05, 0.1) is 11.6 Å². The van der Waals surface area contributed by atoms with Crippen LogP contribution in [0.3, 0.4) is 0 Å². The molecule has 3 nitrogen and oxygen atoms in total. The number of nitriles is 1. The van der Waals surface area contributed by atoms with E-state index in [9.17, 15) is 0 Å². The molecular formula is C16H23N3. The van der Waals surface area contributed by atoms with Crippen molar-refractivity contribution in [1.82, 2.24) is 10.2 Å². The topological polar surface area (TPSA) is 39.1 Å². The predicted octanol–water partition coefficient (Wildman–Crippen LogP) is 2.30. The van der Waals surface area contributed by atoms with E-state index in [1.165, 1.54) is 37.2 Å². The molecule has 1 atom stereocenters. The van der Waals surface area contributed by atoms with Crippen LogP contribution in [0.15, 0.2) is 18.2 Å². The molecule has 1 aliphatic rings. The van der Waals surface area contributed by atoms with E-state index in [2.05, 4.69) is 36.2 Å². The summed E-state index contributed by atoms with van der Waals surface area (Å²) in [6, 6.07) is 8.11. The number of rotatable bonds is 5. The smallest absolute Gasteiger partial charge is 0.0991 e. The van der Waals surface area contributed by atoms with Gasteiger partial charge in [-0.2, -0.15) is 5.26 Å². The number of hydrogen-bond donors (Lipinski definition) is 1. The Morgan fingerprint density at radius 3 is 2.95 bits per heavy atom. The Morgan fingerprint density at radius 1 is 1.47 bits per heavy atom. The Morgan fingerprint density at radius 2 is 2.32 bits per heavy atom. The van der Waals surface area contributed by atoms with Crippen molar-refractivity contribution in [2.45, 2.75) is 26.8 Å². The van der Waals surface area contributed by atoms with Crippen LogP contribution in [0.5, 0.6) is 0 Å². The van der Waals surface area contributed by atoms with Crippen LogP contribution in [-0.2, 0) is 6.54 Å². The fourth-order valence-corrected chi connectivity index (χ4v) is 2.74. The minimum absolute atomic E-state index is 0.746. The van der Waals surface area contributed by atoms with E-state index in [0.29, 0.717) is 0 Å². The summed E-state index contributed by atoms with van der Waals surface area (Å²) in [5, 5.41) is 12.4. The van der Waals surface area contributed by atoms with Gasteiger partial charge in [-0.05, 0) is 62.2 Å². The summed E-state index contributed by atoms with van der Waals surface area (Å²) in [7, 11) is 0. The van der Waals surface area contributed by atoms with Crippen LogP contribution in [0, 0.1) is 24.2 Å². The fourth-order valence-electron chi connectivity index (χ4n) is 2.74. The molecule has 1 aliphatic heterocycles. The highest BCUT2D eigenvalue weighted by Gasteiger charge is 2.20. The number of likely N-dealkylation sites (tertiary alicyclic amines) is 1. The Balaban J connectivity index is 1.79. The SMILES string of the molecule is CCN1CCC(CNCc2ccc(C#N)cc2C)C1. The summed E-state index contributed by atoms with van der Waals surface area (Å²) in [4.78, 5) is 2.51. The van der Waals surface area contributed by atoms with Crippen molar-refractivity contribution in [3.05, 3.63) is 34.9 Å². The molecule has 1 fully saturated rings. The molecule has 0 spiro atoms. The highest BCUT2D eigenvalue weighted by Crippen LogP contribution is 2.15. The third-order valence-corrected chi connectivity index (χ3v) is 4.04. The summed E-state index contributed by atoms with van der Waals surface area (Å²) in [5.41, 5.74) is 3.24. The van der Waals surface area contributed by atoms with Gasteiger partial charge < -0.3 is 10.2 Å². The number of hydrogen-bond acceptors (Lipinski definition) is 3. The minimum atomic E-state index is 0.746. The molecule has 0 amide bonds. The number of nitrogens with one attached hydrogen (secondary N) is 1. The van der Waals surface area contributed by atoms with Crippen LogP contribution in [0.4, 0.5) is 0 Å². The molecule has 0 radical (unpaired) electrons. The summed E-state index contributed by atoms with van der Waals surface area (Å²) >= 11 is 0. The lowest BCUT2D eigenvalue weighted by Gasteiger charge is -2.14. The molecule has 1 aromatic rings. The first-order chi connectivity index (χ1) is 9.22. The molecule has 1 heterocycles. The maximum atomic E-state index is 8.85. The molecule has 1 N–H and O–H groups in total. The molecular weight excluding hydrogens is 234 g/mol. The zero-order valence-corrected chi connectivity index (χ0v) is 11.9. The number of benzene rings is 1. The second kappa shape index (κ2) is 6.70. The summed E-state index contributed by atoms with van der Waals surface area (Å²) < 4.78 is 0. The van der Waals surface area contributed by atoms with Gasteiger partial charge in [0.1, 0.15) is 0 Å². The molecule has 3 heteroatoms. The largest absolute Gasteiger partial charge is 0.312 e. The minimum Gasteiger partial charge on any atom is -0.312 e. The van der Waals surface area contributed by atoms with Crippen LogP contribution in [-0.4, -0.2) is 31.1 Å². The van der Waals surface area contributed by atoms with E-state index in [-0.39, 0.29) is 0 Å². The molecule has 0 saturated carbocycles. The number of nitrogens with zero attached hydrogens (tertiary/aromatic N) is 2. The first-order valence-corrected chi connectivity index (χ1v) is 7.15. The van der Waals surface area contributed by atoms with Crippen molar-refractivity contribution < 1.29 is 0 Å². The average Bonchev–Trinajstić information content (AvgIpc) is 2.88. The highest BCUT2D eigenvalue weighted by atomic mass is 15.1. The van der Waals surface area contributed by atoms with Gasteiger partial charge in [-0.3, -0.25) is 0 Å². The first kappa shape index (κ1) is 14.0. The van der Waals surface area contributed by atoms with Gasteiger partial charge in [-0.15, -0.1) is 0 Å². The summed E-state index contributed by atoms with van der Waals surface area (Å²) in [5.74, 6) is 0.790. The van der Waals surface area contributed by atoms with Crippen molar-refractivity contribution in [2.75, 3.05) is 26.2 Å². The van der Waals surface area contributed by atoms with Crippen molar-refractivity contribution >= 4 is 0 Å². The van der Waals surface area contributed by atoms with E-state index >= 15 is 0 Å². The van der Waals surface area contributed by atoms with Crippen molar-refractivity contribution in [2.24, 2.45) is 5.92 Å². The highest BCUT2D eigenvalue weighted by molar-refractivity contribution is 5.37. The van der Waals surface area contributed by atoms with Gasteiger partial charge in [0.15, 0.2) is 0 Å². The lowest BCUT2D eigenvalue weighted by atomic mass is 10.0. The van der Waals surface area contributed by atoms with E-state index in [1.54, 1.807) is 0 Å². The average molecular weight is 257 g/mol. The second-order valence-corrected chi connectivity index (χ2v) is 5.43. The Hall–Kier alpha value is -1.37. The van der Waals surface area contributed by atoms with Crippen LogP contribution in [0.2, 0.25) is 0 Å². The molecule has 1 unspecified atom stereocenters. The summed E-state index contributed by atoms with van der Waals surface area (Å²) in [6.07, 6.45) is 1.31. The Labute approximate surface area is 116 Å².